The number of nitrogens with zero attached hydrogens (tertiary/aromatic N) is 3. The maximum absolute atomic E-state index is 12.6. The van der Waals surface area contributed by atoms with Gasteiger partial charge in [0.05, 0.1) is 0 Å². The van der Waals surface area contributed by atoms with Gasteiger partial charge in [-0.3, -0.25) is 4.79 Å². The van der Waals surface area contributed by atoms with Crippen molar-refractivity contribution < 1.29 is 14.7 Å². The van der Waals surface area contributed by atoms with Crippen LogP contribution in [0, 0.1) is 0 Å². The fourth-order valence-electron chi connectivity index (χ4n) is 2.69. The van der Waals surface area contributed by atoms with E-state index in [1.807, 2.05) is 18.2 Å². The Morgan fingerprint density at radius 2 is 1.91 bits per heavy atom. The third kappa shape index (κ3) is 3.50. The van der Waals surface area contributed by atoms with Crippen LogP contribution in [0.1, 0.15) is 21.7 Å². The van der Waals surface area contributed by atoms with E-state index >= 15 is 0 Å². The number of imidazole rings is 1. The third-order valence-corrected chi connectivity index (χ3v) is 3.94. The van der Waals surface area contributed by atoms with Crippen LogP contribution in [0.2, 0.25) is 0 Å². The Morgan fingerprint density at radius 3 is 2.57 bits per heavy atom. The molecule has 1 aliphatic heterocycles. The maximum atomic E-state index is 12.6. The van der Waals surface area contributed by atoms with Crippen LogP contribution in [0.15, 0.2) is 36.7 Å². The molecule has 0 bridgehead atoms. The average molecular weight is 314 g/mol. The van der Waals surface area contributed by atoms with E-state index in [0.29, 0.717) is 38.2 Å². The highest BCUT2D eigenvalue weighted by molar-refractivity contribution is 5.94. The van der Waals surface area contributed by atoms with Gasteiger partial charge in [-0.1, -0.05) is 12.1 Å². The number of carbonyl (C=O) groups is 2. The number of carboxylic acid groups (broad SMARTS) is 1. The van der Waals surface area contributed by atoms with Crippen molar-refractivity contribution in [2.24, 2.45) is 0 Å². The lowest BCUT2D eigenvalue weighted by molar-refractivity contribution is 0.0625. The lowest BCUT2D eigenvalue weighted by atomic mass is 10.1. The van der Waals surface area contributed by atoms with Gasteiger partial charge < -0.3 is 19.9 Å². The predicted molar refractivity (Wildman–Crippen MR) is 83.3 cm³/mol. The van der Waals surface area contributed by atoms with E-state index in [9.17, 15) is 9.59 Å². The summed E-state index contributed by atoms with van der Waals surface area (Å²) in [6, 6.07) is 7.48. The van der Waals surface area contributed by atoms with E-state index in [1.54, 1.807) is 23.4 Å². The number of hydrogen-bond donors (Lipinski definition) is 2. The Labute approximate surface area is 133 Å². The number of hydrogen-bond acceptors (Lipinski definition) is 3. The molecule has 7 nitrogen and oxygen atoms in total. The number of rotatable bonds is 3. The number of carbonyl (C=O) groups excluding carboxylic acids is 1. The number of H-pyrrole nitrogens is 1. The number of nitrogens with one attached hydrogen (secondary N) is 1. The molecule has 0 aliphatic carbocycles. The summed E-state index contributed by atoms with van der Waals surface area (Å²) >= 11 is 0. The van der Waals surface area contributed by atoms with Crippen molar-refractivity contribution >= 4 is 12.0 Å². The van der Waals surface area contributed by atoms with E-state index in [4.69, 9.17) is 5.11 Å². The van der Waals surface area contributed by atoms with Gasteiger partial charge in [0.25, 0.3) is 5.91 Å². The molecular weight excluding hydrogens is 296 g/mol. The van der Waals surface area contributed by atoms with Gasteiger partial charge in [-0.05, 0) is 17.7 Å². The summed E-state index contributed by atoms with van der Waals surface area (Å²) in [5.74, 6) is 0.793. The number of piperazine rings is 1. The molecule has 0 atom stereocenters. The van der Waals surface area contributed by atoms with Gasteiger partial charge in [-0.25, -0.2) is 9.78 Å². The molecule has 1 aromatic heterocycles. The second-order valence-corrected chi connectivity index (χ2v) is 5.47. The minimum Gasteiger partial charge on any atom is -0.465 e. The van der Waals surface area contributed by atoms with Crippen molar-refractivity contribution in [3.05, 3.63) is 53.6 Å². The van der Waals surface area contributed by atoms with Gasteiger partial charge in [-0.2, -0.15) is 0 Å². The molecule has 0 saturated carbocycles. The summed E-state index contributed by atoms with van der Waals surface area (Å²) in [6.07, 6.45) is 3.18. The fourth-order valence-corrected chi connectivity index (χ4v) is 2.69. The van der Waals surface area contributed by atoms with E-state index in [-0.39, 0.29) is 5.91 Å². The van der Waals surface area contributed by atoms with Crippen LogP contribution in [0.3, 0.4) is 0 Å². The molecule has 1 aromatic carbocycles. The topological polar surface area (TPSA) is 89.5 Å². The van der Waals surface area contributed by atoms with Crippen molar-refractivity contribution in [3.63, 3.8) is 0 Å². The SMILES string of the molecule is O=C(O)N1CCN(C(=O)c2cccc(Cc3ncc[nH]3)c2)CC1. The van der Waals surface area contributed by atoms with Crippen molar-refractivity contribution in [2.45, 2.75) is 6.42 Å². The summed E-state index contributed by atoms with van der Waals surface area (Å²) in [4.78, 5) is 33.7. The fraction of sp³-hybridized carbons (Fsp3) is 0.312. The minimum atomic E-state index is -0.933. The summed E-state index contributed by atoms with van der Waals surface area (Å²) < 4.78 is 0. The van der Waals surface area contributed by atoms with Crippen molar-refractivity contribution in [3.8, 4) is 0 Å². The van der Waals surface area contributed by atoms with E-state index in [1.165, 1.54) is 4.90 Å². The van der Waals surface area contributed by atoms with Gasteiger partial charge in [0.15, 0.2) is 0 Å². The predicted octanol–water partition coefficient (Wildman–Crippen LogP) is 1.44. The molecule has 2 amide bonds. The smallest absolute Gasteiger partial charge is 0.407 e. The number of aromatic nitrogens is 2. The van der Waals surface area contributed by atoms with E-state index in [2.05, 4.69) is 9.97 Å². The lowest BCUT2D eigenvalue weighted by Gasteiger charge is -2.33. The average Bonchev–Trinajstić information content (AvgIpc) is 3.07. The standard InChI is InChI=1S/C16H18N4O3/c21-15(19-6-8-20(9-7-19)16(22)23)13-3-1-2-12(10-13)11-14-17-4-5-18-14/h1-5,10H,6-9,11H2,(H,17,18)(H,22,23). The molecule has 1 saturated heterocycles. The first-order chi connectivity index (χ1) is 11.1. The van der Waals surface area contributed by atoms with Gasteiger partial charge in [0.1, 0.15) is 5.82 Å². The molecule has 120 valence electrons. The van der Waals surface area contributed by atoms with Crippen LogP contribution in [0.5, 0.6) is 0 Å². The van der Waals surface area contributed by atoms with Crippen LogP contribution in [-0.4, -0.2) is 63.1 Å². The molecule has 23 heavy (non-hydrogen) atoms. The summed E-state index contributed by atoms with van der Waals surface area (Å²) in [6.45, 7) is 1.56. The zero-order chi connectivity index (χ0) is 16.2. The number of amides is 2. The largest absolute Gasteiger partial charge is 0.465 e. The Balaban J connectivity index is 1.67. The minimum absolute atomic E-state index is 0.0590. The summed E-state index contributed by atoms with van der Waals surface area (Å²) in [5.41, 5.74) is 1.63. The Kier molecular flexibility index (Phi) is 4.27. The molecule has 1 fully saturated rings. The zero-order valence-electron chi connectivity index (χ0n) is 12.6. The molecule has 1 aliphatic rings. The molecular formula is C16H18N4O3. The third-order valence-electron chi connectivity index (χ3n) is 3.94. The molecule has 0 unspecified atom stereocenters. The molecule has 7 heteroatoms. The monoisotopic (exact) mass is 314 g/mol. The first kappa shape index (κ1) is 15.1. The van der Waals surface area contributed by atoms with Crippen LogP contribution >= 0.6 is 0 Å². The van der Waals surface area contributed by atoms with Gasteiger partial charge in [0, 0.05) is 50.6 Å². The Bertz CT molecular complexity index is 691. The van der Waals surface area contributed by atoms with Crippen molar-refractivity contribution in [2.75, 3.05) is 26.2 Å². The van der Waals surface area contributed by atoms with E-state index in [0.717, 1.165) is 11.4 Å². The van der Waals surface area contributed by atoms with Crippen molar-refractivity contribution in [1.29, 1.82) is 0 Å². The van der Waals surface area contributed by atoms with Crippen LogP contribution in [-0.2, 0) is 6.42 Å². The summed E-state index contributed by atoms with van der Waals surface area (Å²) in [7, 11) is 0. The van der Waals surface area contributed by atoms with Crippen LogP contribution in [0.4, 0.5) is 4.79 Å². The van der Waals surface area contributed by atoms with Crippen LogP contribution in [0.25, 0.3) is 0 Å². The molecule has 2 aromatic rings. The Hall–Kier alpha value is -2.83. The van der Waals surface area contributed by atoms with Gasteiger partial charge in [0.2, 0.25) is 0 Å². The highest BCUT2D eigenvalue weighted by atomic mass is 16.4. The van der Waals surface area contributed by atoms with E-state index < -0.39 is 6.09 Å². The molecule has 0 spiro atoms. The lowest BCUT2D eigenvalue weighted by Crippen LogP contribution is -2.50. The van der Waals surface area contributed by atoms with Crippen LogP contribution < -0.4 is 0 Å². The first-order valence-electron chi connectivity index (χ1n) is 7.48. The van der Waals surface area contributed by atoms with Gasteiger partial charge >= 0.3 is 6.09 Å². The molecule has 3 rings (SSSR count). The molecule has 2 heterocycles. The second kappa shape index (κ2) is 6.51. The Morgan fingerprint density at radius 1 is 1.17 bits per heavy atom. The quantitative estimate of drug-likeness (QED) is 0.897. The van der Waals surface area contributed by atoms with Gasteiger partial charge in [-0.15, -0.1) is 0 Å². The molecule has 2 N–H and O–H groups in total. The molecule has 0 radical (unpaired) electrons. The summed E-state index contributed by atoms with van der Waals surface area (Å²) in [5, 5.41) is 8.95. The first-order valence-corrected chi connectivity index (χ1v) is 7.48. The number of benzene rings is 1. The highest BCUT2D eigenvalue weighted by Gasteiger charge is 2.24. The zero-order valence-corrected chi connectivity index (χ0v) is 12.6. The number of aromatic amines is 1. The van der Waals surface area contributed by atoms with Crippen molar-refractivity contribution in [1.82, 2.24) is 19.8 Å². The normalized spacial score (nSPS) is 14.8. The second-order valence-electron chi connectivity index (χ2n) is 5.47. The highest BCUT2D eigenvalue weighted by Crippen LogP contribution is 2.13. The maximum Gasteiger partial charge on any atom is 0.407 e.